The predicted molar refractivity (Wildman–Crippen MR) is 63.1 cm³/mol. The van der Waals surface area contributed by atoms with Crippen molar-refractivity contribution in [1.29, 1.82) is 0 Å². The van der Waals surface area contributed by atoms with Crippen LogP contribution in [0.3, 0.4) is 0 Å². The summed E-state index contributed by atoms with van der Waals surface area (Å²) in [6.45, 7) is 4.53. The van der Waals surface area contributed by atoms with Gasteiger partial charge in [0.15, 0.2) is 0 Å². The molecule has 0 saturated heterocycles. The number of nitrogens with two attached hydrogens (primary N) is 1. The lowest BCUT2D eigenvalue weighted by molar-refractivity contribution is -0.120. The summed E-state index contributed by atoms with van der Waals surface area (Å²) in [6, 6.07) is -0.266. The third-order valence-corrected chi connectivity index (χ3v) is 2.89. The van der Waals surface area contributed by atoms with E-state index in [-0.39, 0.29) is 11.9 Å². The van der Waals surface area contributed by atoms with Gasteiger partial charge in [-0.25, -0.2) is 4.98 Å². The Morgan fingerprint density at radius 1 is 1.69 bits per heavy atom. The van der Waals surface area contributed by atoms with Gasteiger partial charge in [0.2, 0.25) is 11.1 Å². The fraction of sp³-hybridized carbons (Fsp3) is 0.667. The van der Waals surface area contributed by atoms with E-state index >= 15 is 0 Å². The van der Waals surface area contributed by atoms with E-state index < -0.39 is 0 Å². The third-order valence-electron chi connectivity index (χ3n) is 2.01. The van der Waals surface area contributed by atoms with E-state index in [1.165, 1.54) is 11.8 Å². The minimum absolute atomic E-state index is 0.266. The second-order valence-electron chi connectivity index (χ2n) is 3.35. The van der Waals surface area contributed by atoms with Gasteiger partial charge in [-0.2, -0.15) is 0 Å². The van der Waals surface area contributed by atoms with Crippen molar-refractivity contribution in [2.75, 3.05) is 12.3 Å². The predicted octanol–water partition coefficient (Wildman–Crippen LogP) is 0.0587. The minimum atomic E-state index is -0.311. The van der Waals surface area contributed by atoms with E-state index in [4.69, 9.17) is 5.73 Å². The van der Waals surface area contributed by atoms with Crippen molar-refractivity contribution in [2.45, 2.75) is 31.5 Å². The monoisotopic (exact) mass is 243 g/mol. The molecule has 0 radical (unpaired) electrons. The molecule has 0 aromatic carbocycles. The maximum Gasteiger partial charge on any atom is 0.234 e. The van der Waals surface area contributed by atoms with Crippen molar-refractivity contribution in [1.82, 2.24) is 20.5 Å². The van der Waals surface area contributed by atoms with Gasteiger partial charge in [-0.3, -0.25) is 9.89 Å². The third kappa shape index (κ3) is 4.19. The quantitative estimate of drug-likeness (QED) is 0.588. The fourth-order valence-electron chi connectivity index (χ4n) is 1.25. The van der Waals surface area contributed by atoms with E-state index in [1.807, 2.05) is 13.8 Å². The maximum atomic E-state index is 11.0. The zero-order valence-electron chi connectivity index (χ0n) is 9.49. The van der Waals surface area contributed by atoms with Crippen LogP contribution in [0.2, 0.25) is 0 Å². The Hall–Kier alpha value is -1.08. The molecule has 4 N–H and O–H groups in total. The number of nitrogens with one attached hydrogen (secondary N) is 2. The summed E-state index contributed by atoms with van der Waals surface area (Å²) in [5.41, 5.74) is 5.26. The normalized spacial score (nSPS) is 12.6. The standard InChI is InChI=1S/C9H17N5OS/c1-3-11-7(8(10)15)4-5-16-9-12-6(2)13-14-9/h7,11H,3-5H2,1-2H3,(H2,10,15)(H,12,13,14). The van der Waals surface area contributed by atoms with Crippen LogP contribution < -0.4 is 11.1 Å². The number of nitrogens with zero attached hydrogens (tertiary/aromatic N) is 2. The Kier molecular flexibility index (Phi) is 5.27. The Balaban J connectivity index is 2.30. The Morgan fingerprint density at radius 3 is 2.94 bits per heavy atom. The second-order valence-corrected chi connectivity index (χ2v) is 4.42. The number of carbonyl (C=O) groups excluding carboxylic acids is 1. The Morgan fingerprint density at radius 2 is 2.44 bits per heavy atom. The lowest BCUT2D eigenvalue weighted by Crippen LogP contribution is -2.41. The smallest absolute Gasteiger partial charge is 0.234 e. The van der Waals surface area contributed by atoms with Gasteiger partial charge in [-0.05, 0) is 19.9 Å². The van der Waals surface area contributed by atoms with Crippen LogP contribution in [-0.2, 0) is 4.79 Å². The molecule has 0 aliphatic heterocycles. The number of hydrogen-bond acceptors (Lipinski definition) is 5. The van der Waals surface area contributed by atoms with E-state index in [0.717, 1.165) is 18.1 Å². The van der Waals surface area contributed by atoms with Crippen molar-refractivity contribution in [3.05, 3.63) is 5.82 Å². The molecular weight excluding hydrogens is 226 g/mol. The molecule has 6 nitrogen and oxygen atoms in total. The summed E-state index contributed by atoms with van der Waals surface area (Å²) < 4.78 is 0. The van der Waals surface area contributed by atoms with Gasteiger partial charge in [0.1, 0.15) is 5.82 Å². The van der Waals surface area contributed by atoms with Crippen molar-refractivity contribution < 1.29 is 4.79 Å². The number of aromatic nitrogens is 3. The topological polar surface area (TPSA) is 96.7 Å². The SMILES string of the molecule is CCNC(CCSc1n[nH]c(C)n1)C(N)=O. The molecule has 1 heterocycles. The molecule has 1 atom stereocenters. The number of amides is 1. The molecule has 0 spiro atoms. The molecule has 1 unspecified atom stereocenters. The maximum absolute atomic E-state index is 11.0. The highest BCUT2D eigenvalue weighted by Crippen LogP contribution is 2.13. The average molecular weight is 243 g/mol. The fourth-order valence-corrected chi connectivity index (χ4v) is 2.09. The Labute approximate surface area is 98.8 Å². The van der Waals surface area contributed by atoms with E-state index in [0.29, 0.717) is 11.6 Å². The summed E-state index contributed by atoms with van der Waals surface area (Å²) in [5, 5.41) is 10.5. The average Bonchev–Trinajstić information content (AvgIpc) is 2.63. The van der Waals surface area contributed by atoms with E-state index in [1.54, 1.807) is 0 Å². The molecule has 0 fully saturated rings. The van der Waals surface area contributed by atoms with Crippen LogP contribution in [0.15, 0.2) is 5.16 Å². The summed E-state index contributed by atoms with van der Waals surface area (Å²) in [4.78, 5) is 15.2. The highest BCUT2D eigenvalue weighted by molar-refractivity contribution is 7.99. The van der Waals surface area contributed by atoms with E-state index in [9.17, 15) is 4.79 Å². The summed E-state index contributed by atoms with van der Waals surface area (Å²) in [5.74, 6) is 1.24. The summed E-state index contributed by atoms with van der Waals surface area (Å²) in [6.07, 6.45) is 0.682. The first kappa shape index (κ1) is 13.0. The first-order valence-corrected chi connectivity index (χ1v) is 6.16. The van der Waals surface area contributed by atoms with Crippen molar-refractivity contribution in [3.63, 3.8) is 0 Å². The van der Waals surface area contributed by atoms with Crippen LogP contribution in [0.5, 0.6) is 0 Å². The lowest BCUT2D eigenvalue weighted by atomic mass is 10.2. The first-order chi connectivity index (χ1) is 7.63. The number of thioether (sulfide) groups is 1. The number of carbonyl (C=O) groups is 1. The number of rotatable bonds is 7. The molecule has 1 aromatic heterocycles. The summed E-state index contributed by atoms with van der Waals surface area (Å²) >= 11 is 1.51. The number of hydrogen-bond donors (Lipinski definition) is 3. The van der Waals surface area contributed by atoms with Crippen molar-refractivity contribution in [3.8, 4) is 0 Å². The van der Waals surface area contributed by atoms with Gasteiger partial charge >= 0.3 is 0 Å². The number of aromatic amines is 1. The lowest BCUT2D eigenvalue weighted by Gasteiger charge is -2.12. The van der Waals surface area contributed by atoms with Gasteiger partial charge in [-0.1, -0.05) is 18.7 Å². The van der Waals surface area contributed by atoms with Crippen LogP contribution >= 0.6 is 11.8 Å². The number of aryl methyl sites for hydroxylation is 1. The zero-order chi connectivity index (χ0) is 12.0. The van der Waals surface area contributed by atoms with Crippen LogP contribution in [0.25, 0.3) is 0 Å². The van der Waals surface area contributed by atoms with Crippen LogP contribution in [0.1, 0.15) is 19.2 Å². The van der Waals surface area contributed by atoms with Gasteiger partial charge in [0.05, 0.1) is 6.04 Å². The highest BCUT2D eigenvalue weighted by Gasteiger charge is 2.13. The van der Waals surface area contributed by atoms with Crippen LogP contribution in [0.4, 0.5) is 0 Å². The molecule has 0 aliphatic rings. The first-order valence-electron chi connectivity index (χ1n) is 5.18. The van der Waals surface area contributed by atoms with Crippen molar-refractivity contribution >= 4 is 17.7 Å². The molecular formula is C9H17N5OS. The molecule has 90 valence electrons. The van der Waals surface area contributed by atoms with Crippen LogP contribution in [0, 0.1) is 6.92 Å². The molecule has 1 aromatic rings. The molecule has 0 aliphatic carbocycles. The second kappa shape index (κ2) is 6.49. The zero-order valence-corrected chi connectivity index (χ0v) is 10.3. The molecule has 1 amide bonds. The Bertz CT molecular complexity index is 340. The van der Waals surface area contributed by atoms with E-state index in [2.05, 4.69) is 20.5 Å². The number of primary amides is 1. The molecule has 16 heavy (non-hydrogen) atoms. The molecule has 0 bridgehead atoms. The highest BCUT2D eigenvalue weighted by atomic mass is 32.2. The molecule has 0 saturated carbocycles. The minimum Gasteiger partial charge on any atom is -0.368 e. The largest absolute Gasteiger partial charge is 0.368 e. The van der Waals surface area contributed by atoms with Gasteiger partial charge in [0, 0.05) is 5.75 Å². The summed E-state index contributed by atoms with van der Waals surface area (Å²) in [7, 11) is 0. The molecule has 1 rings (SSSR count). The van der Waals surface area contributed by atoms with Gasteiger partial charge < -0.3 is 11.1 Å². The van der Waals surface area contributed by atoms with Crippen molar-refractivity contribution in [2.24, 2.45) is 5.73 Å². The number of likely N-dealkylation sites (N-methyl/N-ethyl adjacent to an activating group) is 1. The molecule has 7 heteroatoms. The van der Waals surface area contributed by atoms with Crippen LogP contribution in [-0.4, -0.2) is 39.4 Å². The van der Waals surface area contributed by atoms with Gasteiger partial charge in [0.25, 0.3) is 0 Å². The number of H-pyrrole nitrogens is 1. The van der Waals surface area contributed by atoms with Gasteiger partial charge in [-0.15, -0.1) is 5.10 Å².